The summed E-state index contributed by atoms with van der Waals surface area (Å²) in [7, 11) is 0. The molecular weight excluding hydrogens is 334 g/mol. The Morgan fingerprint density at radius 1 is 1.15 bits per heavy atom. The van der Waals surface area contributed by atoms with Gasteiger partial charge in [-0.2, -0.15) is 0 Å². The number of hydrogen-bond acceptors (Lipinski definition) is 3. The first kappa shape index (κ1) is 17.3. The first-order valence-corrected chi connectivity index (χ1v) is 9.29. The summed E-state index contributed by atoms with van der Waals surface area (Å²) in [6.45, 7) is 4.88. The summed E-state index contributed by atoms with van der Waals surface area (Å²) < 4.78 is 0. The van der Waals surface area contributed by atoms with Crippen molar-refractivity contribution >= 4 is 17.4 Å². The number of pyridine rings is 1. The summed E-state index contributed by atoms with van der Waals surface area (Å²) in [6, 6.07) is 20.4. The maximum Gasteiger partial charge on any atom is 0.260 e. The number of rotatable bonds is 4. The fourth-order valence-corrected chi connectivity index (χ4v) is 3.65. The average Bonchev–Trinajstić information content (AvgIpc) is 3.02. The Morgan fingerprint density at radius 3 is 2.78 bits per heavy atom. The topological polar surface area (TPSA) is 45.2 Å². The molecule has 3 aromatic rings. The molecule has 4 nitrogen and oxygen atoms in total. The smallest absolute Gasteiger partial charge is 0.260 e. The van der Waals surface area contributed by atoms with Crippen LogP contribution in [0, 0.1) is 6.92 Å². The van der Waals surface area contributed by atoms with Crippen molar-refractivity contribution in [2.24, 2.45) is 0 Å². The highest BCUT2D eigenvalue weighted by Gasteiger charge is 2.31. The van der Waals surface area contributed by atoms with E-state index in [1.54, 1.807) is 6.20 Å². The van der Waals surface area contributed by atoms with E-state index in [2.05, 4.69) is 54.5 Å². The molecule has 0 saturated heterocycles. The van der Waals surface area contributed by atoms with Gasteiger partial charge in [-0.15, -0.1) is 0 Å². The van der Waals surface area contributed by atoms with Crippen LogP contribution in [0.25, 0.3) is 0 Å². The standard InChI is InChI=1S/C23H23N3O/c1-16-6-5-7-18(12-16)14-24-22-11-10-20(15-25-22)23(27)26-17(2)13-19-8-3-4-9-21(19)26/h3-12,15,17H,13-14H2,1-2H3,(H,24,25). The van der Waals surface area contributed by atoms with Crippen LogP contribution >= 0.6 is 0 Å². The van der Waals surface area contributed by atoms with Crippen molar-refractivity contribution < 1.29 is 4.79 Å². The van der Waals surface area contributed by atoms with Gasteiger partial charge in [-0.3, -0.25) is 4.79 Å². The number of anilines is 2. The van der Waals surface area contributed by atoms with Crippen LogP contribution in [0.2, 0.25) is 0 Å². The number of carbonyl (C=O) groups is 1. The van der Waals surface area contributed by atoms with E-state index in [0.29, 0.717) is 12.1 Å². The number of carbonyl (C=O) groups excluding carboxylic acids is 1. The summed E-state index contributed by atoms with van der Waals surface area (Å²) in [5, 5.41) is 3.31. The molecule has 0 fully saturated rings. The molecule has 136 valence electrons. The van der Waals surface area contributed by atoms with E-state index < -0.39 is 0 Å². The van der Waals surface area contributed by atoms with Gasteiger partial charge in [0, 0.05) is 24.5 Å². The molecule has 1 aliphatic heterocycles. The van der Waals surface area contributed by atoms with Gasteiger partial charge < -0.3 is 10.2 Å². The first-order chi connectivity index (χ1) is 13.1. The molecule has 1 amide bonds. The van der Waals surface area contributed by atoms with Gasteiger partial charge in [0.1, 0.15) is 5.82 Å². The van der Waals surface area contributed by atoms with Crippen molar-refractivity contribution in [3.63, 3.8) is 0 Å². The highest BCUT2D eigenvalue weighted by atomic mass is 16.2. The van der Waals surface area contributed by atoms with E-state index in [1.165, 1.54) is 16.7 Å². The van der Waals surface area contributed by atoms with Crippen LogP contribution < -0.4 is 10.2 Å². The molecule has 27 heavy (non-hydrogen) atoms. The van der Waals surface area contributed by atoms with Crippen molar-refractivity contribution in [1.82, 2.24) is 4.98 Å². The van der Waals surface area contributed by atoms with Gasteiger partial charge in [0.05, 0.1) is 5.56 Å². The number of para-hydroxylation sites is 1. The fourth-order valence-electron chi connectivity index (χ4n) is 3.65. The van der Waals surface area contributed by atoms with Gasteiger partial charge in [0.25, 0.3) is 5.91 Å². The molecule has 2 aromatic carbocycles. The summed E-state index contributed by atoms with van der Waals surface area (Å²) >= 11 is 0. The van der Waals surface area contributed by atoms with Gasteiger partial charge in [-0.25, -0.2) is 4.98 Å². The summed E-state index contributed by atoms with van der Waals surface area (Å²) in [5.74, 6) is 0.771. The summed E-state index contributed by atoms with van der Waals surface area (Å²) in [6.07, 6.45) is 2.56. The SMILES string of the molecule is Cc1cccc(CNc2ccc(C(=O)N3c4ccccc4CC3C)cn2)c1. The number of aromatic nitrogens is 1. The molecule has 1 aliphatic rings. The van der Waals surface area contributed by atoms with E-state index in [-0.39, 0.29) is 11.9 Å². The lowest BCUT2D eigenvalue weighted by molar-refractivity contribution is 0.0981. The molecule has 0 radical (unpaired) electrons. The van der Waals surface area contributed by atoms with Gasteiger partial charge in [-0.05, 0) is 49.6 Å². The second-order valence-corrected chi connectivity index (χ2v) is 7.13. The van der Waals surface area contributed by atoms with Crippen LogP contribution in [-0.2, 0) is 13.0 Å². The molecule has 4 heteroatoms. The van der Waals surface area contributed by atoms with Gasteiger partial charge in [0.2, 0.25) is 0 Å². The van der Waals surface area contributed by atoms with E-state index in [9.17, 15) is 4.79 Å². The number of fused-ring (bicyclic) bond motifs is 1. The number of nitrogens with zero attached hydrogens (tertiary/aromatic N) is 2. The number of nitrogens with one attached hydrogen (secondary N) is 1. The third kappa shape index (κ3) is 3.56. The predicted molar refractivity (Wildman–Crippen MR) is 109 cm³/mol. The second-order valence-electron chi connectivity index (χ2n) is 7.13. The quantitative estimate of drug-likeness (QED) is 0.742. The number of aryl methyl sites for hydroxylation is 1. The minimum atomic E-state index is 0.00480. The predicted octanol–water partition coefficient (Wildman–Crippen LogP) is 4.59. The third-order valence-corrected chi connectivity index (χ3v) is 4.99. The fraction of sp³-hybridized carbons (Fsp3) is 0.217. The average molecular weight is 357 g/mol. The van der Waals surface area contributed by atoms with Crippen LogP contribution in [-0.4, -0.2) is 16.9 Å². The van der Waals surface area contributed by atoms with Gasteiger partial charge in [-0.1, -0.05) is 48.0 Å². The van der Waals surface area contributed by atoms with Gasteiger partial charge >= 0.3 is 0 Å². The zero-order chi connectivity index (χ0) is 18.8. The summed E-state index contributed by atoms with van der Waals surface area (Å²) in [5.41, 5.74) is 5.29. The molecule has 0 spiro atoms. The number of amides is 1. The van der Waals surface area contributed by atoms with Crippen LogP contribution in [0.1, 0.15) is 34.0 Å². The minimum Gasteiger partial charge on any atom is -0.366 e. The van der Waals surface area contributed by atoms with Crippen molar-refractivity contribution in [3.8, 4) is 0 Å². The third-order valence-electron chi connectivity index (χ3n) is 4.99. The van der Waals surface area contributed by atoms with Crippen molar-refractivity contribution in [3.05, 3.63) is 89.1 Å². The molecule has 0 saturated carbocycles. The first-order valence-electron chi connectivity index (χ1n) is 9.29. The van der Waals surface area contributed by atoms with Crippen molar-refractivity contribution in [2.45, 2.75) is 32.9 Å². The molecule has 2 heterocycles. The Morgan fingerprint density at radius 2 is 2.00 bits per heavy atom. The Labute approximate surface area is 159 Å². The molecule has 1 unspecified atom stereocenters. The Kier molecular flexibility index (Phi) is 4.63. The van der Waals surface area contributed by atoms with E-state index in [4.69, 9.17) is 0 Å². The normalized spacial score (nSPS) is 15.5. The minimum absolute atomic E-state index is 0.00480. The lowest BCUT2D eigenvalue weighted by Gasteiger charge is -2.22. The summed E-state index contributed by atoms with van der Waals surface area (Å²) in [4.78, 5) is 19.3. The molecule has 0 bridgehead atoms. The zero-order valence-electron chi connectivity index (χ0n) is 15.6. The Bertz CT molecular complexity index is 965. The van der Waals surface area contributed by atoms with Crippen LogP contribution in [0.5, 0.6) is 0 Å². The van der Waals surface area contributed by atoms with Crippen LogP contribution in [0.4, 0.5) is 11.5 Å². The molecule has 4 rings (SSSR count). The lowest BCUT2D eigenvalue weighted by Crippen LogP contribution is -2.35. The monoisotopic (exact) mass is 357 g/mol. The second kappa shape index (κ2) is 7.23. The Hall–Kier alpha value is -3.14. The molecule has 0 aliphatic carbocycles. The Balaban J connectivity index is 1.47. The molecular formula is C23H23N3O. The van der Waals surface area contributed by atoms with Gasteiger partial charge in [0.15, 0.2) is 0 Å². The van der Waals surface area contributed by atoms with Crippen molar-refractivity contribution in [1.29, 1.82) is 0 Å². The molecule has 1 aromatic heterocycles. The lowest BCUT2D eigenvalue weighted by atomic mass is 10.1. The van der Waals surface area contributed by atoms with E-state index in [1.807, 2.05) is 35.2 Å². The van der Waals surface area contributed by atoms with Crippen LogP contribution in [0.3, 0.4) is 0 Å². The largest absolute Gasteiger partial charge is 0.366 e. The molecule has 1 atom stereocenters. The molecule has 1 N–H and O–H groups in total. The maximum absolute atomic E-state index is 13.0. The highest BCUT2D eigenvalue weighted by molar-refractivity contribution is 6.07. The maximum atomic E-state index is 13.0. The van der Waals surface area contributed by atoms with E-state index >= 15 is 0 Å². The van der Waals surface area contributed by atoms with Crippen molar-refractivity contribution in [2.75, 3.05) is 10.2 Å². The van der Waals surface area contributed by atoms with Crippen LogP contribution in [0.15, 0.2) is 66.9 Å². The number of benzene rings is 2. The van der Waals surface area contributed by atoms with E-state index in [0.717, 1.165) is 17.9 Å². The zero-order valence-corrected chi connectivity index (χ0v) is 15.6. The number of hydrogen-bond donors (Lipinski definition) is 1. The highest BCUT2D eigenvalue weighted by Crippen LogP contribution is 2.33.